The lowest BCUT2D eigenvalue weighted by atomic mass is 10.2. The zero-order chi connectivity index (χ0) is 8.27. The van der Waals surface area contributed by atoms with E-state index in [0.29, 0.717) is 0 Å². The first-order valence-electron chi connectivity index (χ1n) is 4.27. The molecule has 0 saturated heterocycles. The van der Waals surface area contributed by atoms with E-state index in [1.54, 1.807) is 0 Å². The summed E-state index contributed by atoms with van der Waals surface area (Å²) in [5.41, 5.74) is 2.75. The monoisotopic (exact) mass is 229 g/mol. The van der Waals surface area contributed by atoms with Crippen molar-refractivity contribution >= 4 is 0 Å². The van der Waals surface area contributed by atoms with Crippen molar-refractivity contribution in [3.63, 3.8) is 0 Å². The third-order valence-corrected chi connectivity index (χ3v) is 2.06. The lowest BCUT2D eigenvalue weighted by molar-refractivity contribution is -0.699. The summed E-state index contributed by atoms with van der Waals surface area (Å²) in [7, 11) is 0. The molecule has 2 heteroatoms. The number of hydrogen-bond acceptors (Lipinski definition) is 0. The summed E-state index contributed by atoms with van der Waals surface area (Å²) >= 11 is 0. The Morgan fingerprint density at radius 3 is 2.42 bits per heavy atom. The van der Waals surface area contributed by atoms with Gasteiger partial charge < -0.3 is 17.0 Å². The molecule has 0 aromatic carbocycles. The highest BCUT2D eigenvalue weighted by atomic mass is 79.9. The molecule has 0 radical (unpaired) electrons. The molecule has 0 fully saturated rings. The SMILES string of the molecule is CCc1ccc(C)[n+](CC)c1.[Br-]. The maximum atomic E-state index is 2.28. The van der Waals surface area contributed by atoms with Crippen molar-refractivity contribution in [3.8, 4) is 0 Å². The third-order valence-electron chi connectivity index (χ3n) is 2.06. The zero-order valence-electron chi connectivity index (χ0n) is 7.97. The Kier molecular flexibility index (Phi) is 5.14. The molecule has 0 saturated carbocycles. The Morgan fingerprint density at radius 2 is 1.92 bits per heavy atom. The summed E-state index contributed by atoms with van der Waals surface area (Å²) in [6, 6.07) is 4.38. The fourth-order valence-corrected chi connectivity index (χ4v) is 1.22. The minimum Gasteiger partial charge on any atom is -1.00 e. The van der Waals surface area contributed by atoms with Crippen molar-refractivity contribution in [2.24, 2.45) is 0 Å². The van der Waals surface area contributed by atoms with Crippen molar-refractivity contribution in [1.82, 2.24) is 0 Å². The molecule has 0 aliphatic rings. The number of aromatic nitrogens is 1. The Hall–Kier alpha value is -0.370. The molecule has 0 aliphatic carbocycles. The molecule has 1 rings (SSSR count). The molecule has 1 heterocycles. The van der Waals surface area contributed by atoms with Gasteiger partial charge in [-0.2, -0.15) is 0 Å². The van der Waals surface area contributed by atoms with Crippen LogP contribution in [0.4, 0.5) is 0 Å². The molecular formula is C10H16BrN. The van der Waals surface area contributed by atoms with Gasteiger partial charge in [0.1, 0.15) is 6.54 Å². The molecule has 0 bridgehead atoms. The van der Waals surface area contributed by atoms with Crippen LogP contribution in [0, 0.1) is 6.92 Å². The van der Waals surface area contributed by atoms with E-state index in [2.05, 4.69) is 43.7 Å². The quantitative estimate of drug-likeness (QED) is 0.566. The number of rotatable bonds is 2. The van der Waals surface area contributed by atoms with E-state index in [4.69, 9.17) is 0 Å². The lowest BCUT2D eigenvalue weighted by Gasteiger charge is -1.98. The third kappa shape index (κ3) is 2.59. The summed E-state index contributed by atoms with van der Waals surface area (Å²) in [6.07, 6.45) is 3.36. The molecule has 0 amide bonds. The number of halogens is 1. The molecule has 0 unspecified atom stereocenters. The number of pyridine rings is 1. The molecule has 12 heavy (non-hydrogen) atoms. The van der Waals surface area contributed by atoms with Crippen molar-refractivity contribution in [2.45, 2.75) is 33.7 Å². The fourth-order valence-electron chi connectivity index (χ4n) is 1.22. The van der Waals surface area contributed by atoms with Crippen molar-refractivity contribution in [3.05, 3.63) is 29.6 Å². The van der Waals surface area contributed by atoms with Crippen LogP contribution in [0.2, 0.25) is 0 Å². The second-order valence-electron chi connectivity index (χ2n) is 2.82. The van der Waals surface area contributed by atoms with Gasteiger partial charge in [0.2, 0.25) is 0 Å². The predicted molar refractivity (Wildman–Crippen MR) is 46.4 cm³/mol. The second kappa shape index (κ2) is 5.31. The van der Waals surface area contributed by atoms with Gasteiger partial charge in [-0.25, -0.2) is 4.57 Å². The highest BCUT2D eigenvalue weighted by molar-refractivity contribution is 5.08. The van der Waals surface area contributed by atoms with Crippen LogP contribution in [-0.2, 0) is 13.0 Å². The van der Waals surface area contributed by atoms with Crippen LogP contribution >= 0.6 is 0 Å². The second-order valence-corrected chi connectivity index (χ2v) is 2.82. The van der Waals surface area contributed by atoms with Crippen molar-refractivity contribution < 1.29 is 21.5 Å². The summed E-state index contributed by atoms with van der Waals surface area (Å²) in [4.78, 5) is 0. The Bertz CT molecular complexity index is 246. The average Bonchev–Trinajstić information content (AvgIpc) is 2.05. The number of nitrogens with zero attached hydrogens (tertiary/aromatic N) is 1. The molecule has 1 aromatic heterocycles. The van der Waals surface area contributed by atoms with Crippen LogP contribution in [0.25, 0.3) is 0 Å². The van der Waals surface area contributed by atoms with E-state index >= 15 is 0 Å². The first-order chi connectivity index (χ1) is 5.27. The van der Waals surface area contributed by atoms with E-state index in [1.807, 2.05) is 0 Å². The molecule has 0 atom stereocenters. The highest BCUT2D eigenvalue weighted by Crippen LogP contribution is 1.97. The van der Waals surface area contributed by atoms with Gasteiger partial charge in [0, 0.05) is 18.6 Å². The predicted octanol–water partition coefficient (Wildman–Crippen LogP) is -1.13. The van der Waals surface area contributed by atoms with Gasteiger partial charge in [0.15, 0.2) is 11.9 Å². The zero-order valence-corrected chi connectivity index (χ0v) is 9.56. The van der Waals surface area contributed by atoms with Crippen LogP contribution in [0.5, 0.6) is 0 Å². The smallest absolute Gasteiger partial charge is 0.178 e. The van der Waals surface area contributed by atoms with E-state index < -0.39 is 0 Å². The Labute approximate surface area is 85.2 Å². The van der Waals surface area contributed by atoms with Gasteiger partial charge in [0.05, 0.1) is 0 Å². The van der Waals surface area contributed by atoms with Gasteiger partial charge in [-0.1, -0.05) is 6.92 Å². The molecule has 1 nitrogen and oxygen atoms in total. The first kappa shape index (κ1) is 11.6. The van der Waals surface area contributed by atoms with Crippen LogP contribution < -0.4 is 21.5 Å². The maximum absolute atomic E-state index is 2.28. The molecule has 1 aromatic rings. The Balaban J connectivity index is 0.00000121. The van der Waals surface area contributed by atoms with Crippen LogP contribution in [-0.4, -0.2) is 0 Å². The van der Waals surface area contributed by atoms with Gasteiger partial charge in [-0.3, -0.25) is 0 Å². The van der Waals surface area contributed by atoms with Crippen LogP contribution in [0.15, 0.2) is 18.3 Å². The maximum Gasteiger partial charge on any atom is 0.178 e. The van der Waals surface area contributed by atoms with Gasteiger partial charge in [-0.15, -0.1) is 0 Å². The molecule has 0 aliphatic heterocycles. The summed E-state index contributed by atoms with van der Waals surface area (Å²) in [5.74, 6) is 0. The van der Waals surface area contributed by atoms with E-state index in [9.17, 15) is 0 Å². The first-order valence-corrected chi connectivity index (χ1v) is 4.27. The van der Waals surface area contributed by atoms with E-state index in [-0.39, 0.29) is 17.0 Å². The Morgan fingerprint density at radius 1 is 1.25 bits per heavy atom. The van der Waals surface area contributed by atoms with Crippen molar-refractivity contribution in [2.75, 3.05) is 0 Å². The molecule has 68 valence electrons. The summed E-state index contributed by atoms with van der Waals surface area (Å²) in [5, 5.41) is 0. The minimum absolute atomic E-state index is 0. The molecule has 0 N–H and O–H groups in total. The van der Waals surface area contributed by atoms with Crippen molar-refractivity contribution in [1.29, 1.82) is 0 Å². The average molecular weight is 230 g/mol. The van der Waals surface area contributed by atoms with Gasteiger partial charge in [-0.05, 0) is 19.4 Å². The normalized spacial score (nSPS) is 9.25. The van der Waals surface area contributed by atoms with Gasteiger partial charge >= 0.3 is 0 Å². The lowest BCUT2D eigenvalue weighted by Crippen LogP contribution is -3.00. The summed E-state index contributed by atoms with van der Waals surface area (Å²) in [6.45, 7) is 7.57. The van der Waals surface area contributed by atoms with E-state index in [1.165, 1.54) is 11.3 Å². The standard InChI is InChI=1S/C10H16N.BrH/c1-4-10-7-6-9(3)11(5-2)8-10;/h6-8H,4-5H2,1-3H3;1H/q+1;/p-1. The highest BCUT2D eigenvalue weighted by Gasteiger charge is 2.02. The fraction of sp³-hybridized carbons (Fsp3) is 0.500. The number of aryl methyl sites for hydroxylation is 3. The summed E-state index contributed by atoms with van der Waals surface area (Å²) < 4.78 is 2.28. The van der Waals surface area contributed by atoms with Crippen LogP contribution in [0.3, 0.4) is 0 Å². The molecule has 0 spiro atoms. The minimum atomic E-state index is 0. The van der Waals surface area contributed by atoms with E-state index in [0.717, 1.165) is 13.0 Å². The van der Waals surface area contributed by atoms with Crippen LogP contribution in [0.1, 0.15) is 25.1 Å². The largest absolute Gasteiger partial charge is 1.00 e. The molecular weight excluding hydrogens is 214 g/mol. The number of hydrogen-bond donors (Lipinski definition) is 0. The topological polar surface area (TPSA) is 3.88 Å². The van der Waals surface area contributed by atoms with Gasteiger partial charge in [0.25, 0.3) is 0 Å².